The van der Waals surface area contributed by atoms with Crippen LogP contribution in [0.2, 0.25) is 0 Å². The first-order valence-corrected chi connectivity index (χ1v) is 6.63. The number of anilines is 2. The molecule has 2 aromatic heterocycles. The molecule has 0 aromatic carbocycles. The van der Waals surface area contributed by atoms with Crippen LogP contribution in [0.15, 0.2) is 28.0 Å². The Morgan fingerprint density at radius 1 is 1.56 bits per heavy atom. The molecule has 2 aromatic rings. The monoisotopic (exact) mass is 328 g/mol. The molecule has 2 heterocycles. The van der Waals surface area contributed by atoms with Gasteiger partial charge in [-0.25, -0.2) is 10.1 Å². The summed E-state index contributed by atoms with van der Waals surface area (Å²) in [6.45, 7) is 0. The van der Waals surface area contributed by atoms with E-state index in [1.807, 2.05) is 0 Å². The van der Waals surface area contributed by atoms with E-state index in [0.717, 1.165) is 4.47 Å². The fourth-order valence-corrected chi connectivity index (χ4v) is 1.92. The summed E-state index contributed by atoms with van der Waals surface area (Å²) in [5.74, 6) is 0.735. The molecule has 0 saturated heterocycles. The number of pyridine rings is 1. The van der Waals surface area contributed by atoms with E-state index >= 15 is 0 Å². The highest BCUT2D eigenvalue weighted by atomic mass is 79.9. The Bertz CT molecular complexity index is 542. The summed E-state index contributed by atoms with van der Waals surface area (Å²) in [5.41, 5.74) is 5.37. The van der Waals surface area contributed by atoms with Gasteiger partial charge in [-0.2, -0.15) is 4.98 Å². The number of thioether (sulfide) groups is 1. The molecule has 0 atom stereocenters. The van der Waals surface area contributed by atoms with Crippen molar-refractivity contribution >= 4 is 45.4 Å². The molecular formula is C9H9BrN6OS. The van der Waals surface area contributed by atoms with Gasteiger partial charge in [0.25, 0.3) is 0 Å². The lowest BCUT2D eigenvalue weighted by molar-refractivity contribution is -0.113. The number of nitrogens with two attached hydrogens (primary N) is 1. The summed E-state index contributed by atoms with van der Waals surface area (Å²) in [5, 5.41) is 9.40. The molecule has 0 unspecified atom stereocenters. The number of hydrogen-bond acceptors (Lipinski definition) is 6. The predicted molar refractivity (Wildman–Crippen MR) is 72.1 cm³/mol. The van der Waals surface area contributed by atoms with E-state index in [0.29, 0.717) is 11.0 Å². The third kappa shape index (κ3) is 3.70. The van der Waals surface area contributed by atoms with Crippen molar-refractivity contribution in [1.82, 2.24) is 20.2 Å². The maximum atomic E-state index is 11.6. The van der Waals surface area contributed by atoms with Crippen molar-refractivity contribution in [2.45, 2.75) is 5.16 Å². The lowest BCUT2D eigenvalue weighted by Crippen LogP contribution is -2.14. The van der Waals surface area contributed by atoms with Gasteiger partial charge in [-0.15, -0.1) is 5.10 Å². The molecule has 0 bridgehead atoms. The minimum absolute atomic E-state index is 0.182. The van der Waals surface area contributed by atoms with Gasteiger partial charge in [0.05, 0.1) is 5.75 Å². The van der Waals surface area contributed by atoms with Gasteiger partial charge < -0.3 is 11.1 Å². The van der Waals surface area contributed by atoms with Crippen molar-refractivity contribution in [3.8, 4) is 0 Å². The van der Waals surface area contributed by atoms with Crippen molar-refractivity contribution in [3.05, 3.63) is 22.8 Å². The van der Waals surface area contributed by atoms with Gasteiger partial charge in [0.15, 0.2) is 0 Å². The van der Waals surface area contributed by atoms with Crippen molar-refractivity contribution in [3.63, 3.8) is 0 Å². The molecule has 0 aliphatic carbocycles. The van der Waals surface area contributed by atoms with E-state index in [1.54, 1.807) is 18.3 Å². The first-order valence-electron chi connectivity index (χ1n) is 4.85. The lowest BCUT2D eigenvalue weighted by atomic mass is 10.4. The van der Waals surface area contributed by atoms with Gasteiger partial charge >= 0.3 is 0 Å². The zero-order chi connectivity index (χ0) is 13.0. The molecule has 0 aliphatic rings. The van der Waals surface area contributed by atoms with Crippen LogP contribution < -0.4 is 11.1 Å². The standard InChI is InChI=1S/C9H9BrN6OS/c10-5-1-2-6(12-3-5)13-7(17)4-18-9-14-8(11)15-16-9/h1-3H,4H2,(H,12,13,17)(H3,11,14,15,16). The molecule has 4 N–H and O–H groups in total. The molecule has 9 heteroatoms. The van der Waals surface area contributed by atoms with Crippen LogP contribution in [-0.2, 0) is 4.79 Å². The number of aromatic amines is 1. The number of H-pyrrole nitrogens is 1. The van der Waals surface area contributed by atoms with Crippen LogP contribution in [-0.4, -0.2) is 31.8 Å². The average Bonchev–Trinajstić information content (AvgIpc) is 2.76. The van der Waals surface area contributed by atoms with Crippen LogP contribution in [0.3, 0.4) is 0 Å². The summed E-state index contributed by atoms with van der Waals surface area (Å²) in [4.78, 5) is 19.5. The third-order valence-corrected chi connectivity index (χ3v) is 3.13. The first-order chi connectivity index (χ1) is 8.63. The predicted octanol–water partition coefficient (Wildman–Crippen LogP) is 1.28. The normalized spacial score (nSPS) is 10.3. The molecule has 0 fully saturated rings. The zero-order valence-corrected chi connectivity index (χ0v) is 11.5. The number of hydrogen-bond donors (Lipinski definition) is 3. The fourth-order valence-electron chi connectivity index (χ4n) is 1.08. The summed E-state index contributed by atoms with van der Waals surface area (Å²) in [6, 6.07) is 3.50. The topological polar surface area (TPSA) is 110 Å². The number of amides is 1. The largest absolute Gasteiger partial charge is 0.368 e. The maximum absolute atomic E-state index is 11.6. The second-order valence-electron chi connectivity index (χ2n) is 3.20. The Hall–Kier alpha value is -1.61. The molecule has 0 radical (unpaired) electrons. The number of rotatable bonds is 4. The van der Waals surface area contributed by atoms with Crippen molar-refractivity contribution < 1.29 is 4.79 Å². The van der Waals surface area contributed by atoms with Crippen LogP contribution in [0.4, 0.5) is 11.8 Å². The molecule has 0 spiro atoms. The van der Waals surface area contributed by atoms with Gasteiger partial charge in [-0.1, -0.05) is 11.8 Å². The van der Waals surface area contributed by atoms with Crippen LogP contribution in [0.1, 0.15) is 0 Å². The smallest absolute Gasteiger partial charge is 0.236 e. The van der Waals surface area contributed by atoms with E-state index in [9.17, 15) is 4.79 Å². The average molecular weight is 329 g/mol. The lowest BCUT2D eigenvalue weighted by Gasteiger charge is -2.02. The number of carbonyl (C=O) groups is 1. The molecule has 0 aliphatic heterocycles. The third-order valence-electron chi connectivity index (χ3n) is 1.81. The number of nitrogens with one attached hydrogen (secondary N) is 2. The number of nitrogen functional groups attached to an aromatic ring is 1. The second kappa shape index (κ2) is 5.83. The molecule has 2 rings (SSSR count). The molecule has 0 saturated carbocycles. The van der Waals surface area contributed by atoms with Crippen LogP contribution in [0, 0.1) is 0 Å². The number of aromatic nitrogens is 4. The van der Waals surface area contributed by atoms with Crippen LogP contribution >= 0.6 is 27.7 Å². The van der Waals surface area contributed by atoms with Gasteiger partial charge in [0.2, 0.25) is 17.0 Å². The first kappa shape index (κ1) is 12.8. The molecule has 18 heavy (non-hydrogen) atoms. The maximum Gasteiger partial charge on any atom is 0.236 e. The van der Waals surface area contributed by atoms with Gasteiger partial charge in [0, 0.05) is 10.7 Å². The van der Waals surface area contributed by atoms with Gasteiger partial charge in [-0.05, 0) is 28.1 Å². The molecule has 1 amide bonds. The quantitative estimate of drug-likeness (QED) is 0.729. The van der Waals surface area contributed by atoms with Crippen molar-refractivity contribution in [1.29, 1.82) is 0 Å². The Kier molecular flexibility index (Phi) is 4.15. The fraction of sp³-hybridized carbons (Fsp3) is 0.111. The Balaban J connectivity index is 1.83. The summed E-state index contributed by atoms with van der Waals surface area (Å²) in [7, 11) is 0. The van der Waals surface area contributed by atoms with E-state index in [-0.39, 0.29) is 17.6 Å². The highest BCUT2D eigenvalue weighted by Crippen LogP contribution is 2.14. The Labute approximate surface area is 115 Å². The minimum Gasteiger partial charge on any atom is -0.368 e. The highest BCUT2D eigenvalue weighted by Gasteiger charge is 2.07. The van der Waals surface area contributed by atoms with Crippen LogP contribution in [0.5, 0.6) is 0 Å². The van der Waals surface area contributed by atoms with E-state index in [1.165, 1.54) is 11.8 Å². The summed E-state index contributed by atoms with van der Waals surface area (Å²) in [6.07, 6.45) is 1.61. The Morgan fingerprint density at radius 3 is 3.00 bits per heavy atom. The van der Waals surface area contributed by atoms with Crippen molar-refractivity contribution in [2.24, 2.45) is 0 Å². The minimum atomic E-state index is -0.182. The van der Waals surface area contributed by atoms with E-state index < -0.39 is 0 Å². The molecular weight excluding hydrogens is 320 g/mol. The van der Waals surface area contributed by atoms with E-state index in [2.05, 4.69) is 41.4 Å². The zero-order valence-electron chi connectivity index (χ0n) is 9.05. The Morgan fingerprint density at radius 2 is 2.39 bits per heavy atom. The van der Waals surface area contributed by atoms with Gasteiger partial charge in [-0.3, -0.25) is 4.79 Å². The summed E-state index contributed by atoms with van der Waals surface area (Å²) < 4.78 is 0.853. The summed E-state index contributed by atoms with van der Waals surface area (Å²) >= 11 is 4.45. The second-order valence-corrected chi connectivity index (χ2v) is 5.06. The molecule has 94 valence electrons. The van der Waals surface area contributed by atoms with E-state index in [4.69, 9.17) is 5.73 Å². The van der Waals surface area contributed by atoms with Crippen LogP contribution in [0.25, 0.3) is 0 Å². The number of carbonyl (C=O) groups excluding carboxylic acids is 1. The number of halogens is 1. The SMILES string of the molecule is Nc1nc(SCC(=O)Nc2ccc(Br)cn2)n[nH]1. The van der Waals surface area contributed by atoms with Crippen molar-refractivity contribution in [2.75, 3.05) is 16.8 Å². The number of nitrogens with zero attached hydrogens (tertiary/aromatic N) is 3. The highest BCUT2D eigenvalue weighted by molar-refractivity contribution is 9.10. The molecule has 7 nitrogen and oxygen atoms in total. The van der Waals surface area contributed by atoms with Gasteiger partial charge in [0.1, 0.15) is 5.82 Å².